The van der Waals surface area contributed by atoms with Crippen LogP contribution < -0.4 is 0 Å². The van der Waals surface area contributed by atoms with Gasteiger partial charge in [-0.05, 0) is 24.3 Å². The highest BCUT2D eigenvalue weighted by Gasteiger charge is 2.30. The zero-order chi connectivity index (χ0) is 16.8. The fourth-order valence-electron chi connectivity index (χ4n) is 2.57. The third-order valence-corrected chi connectivity index (χ3v) is 3.85. The number of benzene rings is 2. The van der Waals surface area contributed by atoms with E-state index < -0.39 is 24.1 Å². The lowest BCUT2D eigenvalue weighted by molar-refractivity contribution is -0.0362. The minimum Gasteiger partial charge on any atom is -0.454 e. The predicted molar refractivity (Wildman–Crippen MR) is 89.7 cm³/mol. The standard InChI is InChI=1S/C20H18O4/c21-19(15-9-3-1-4-10-15)23-17-13-7-8-14-18(17)24-20(22)16-11-5-2-6-12-16/h1-12,17-18H,13-14H2. The van der Waals surface area contributed by atoms with E-state index >= 15 is 0 Å². The van der Waals surface area contributed by atoms with Crippen molar-refractivity contribution < 1.29 is 19.1 Å². The van der Waals surface area contributed by atoms with Crippen molar-refractivity contribution in [1.82, 2.24) is 0 Å². The molecular formula is C20H18O4. The predicted octanol–water partition coefficient (Wildman–Crippen LogP) is 3.79. The average molecular weight is 322 g/mol. The van der Waals surface area contributed by atoms with E-state index in [1.807, 2.05) is 24.3 Å². The first-order chi connectivity index (χ1) is 11.7. The lowest BCUT2D eigenvalue weighted by Crippen LogP contribution is -2.36. The molecular weight excluding hydrogens is 304 g/mol. The van der Waals surface area contributed by atoms with Crippen LogP contribution in [0, 0.1) is 0 Å². The number of carbonyl (C=O) groups is 2. The van der Waals surface area contributed by atoms with E-state index in [1.54, 1.807) is 48.5 Å². The van der Waals surface area contributed by atoms with Crippen molar-refractivity contribution >= 4 is 11.9 Å². The van der Waals surface area contributed by atoms with Crippen molar-refractivity contribution in [2.24, 2.45) is 0 Å². The largest absolute Gasteiger partial charge is 0.454 e. The van der Waals surface area contributed by atoms with E-state index in [2.05, 4.69) is 0 Å². The monoisotopic (exact) mass is 322 g/mol. The lowest BCUT2D eigenvalue weighted by atomic mass is 10.0. The molecule has 0 fully saturated rings. The Morgan fingerprint density at radius 3 is 1.42 bits per heavy atom. The number of carbonyl (C=O) groups excluding carboxylic acids is 2. The minimum atomic E-state index is -0.477. The van der Waals surface area contributed by atoms with Crippen LogP contribution in [0.5, 0.6) is 0 Å². The van der Waals surface area contributed by atoms with Crippen LogP contribution in [0.2, 0.25) is 0 Å². The Morgan fingerprint density at radius 2 is 1.04 bits per heavy atom. The van der Waals surface area contributed by atoms with Crippen LogP contribution in [0.25, 0.3) is 0 Å². The van der Waals surface area contributed by atoms with E-state index in [1.165, 1.54) is 0 Å². The summed E-state index contributed by atoms with van der Waals surface area (Å²) in [5, 5.41) is 0. The lowest BCUT2D eigenvalue weighted by Gasteiger charge is -2.28. The number of hydrogen-bond acceptors (Lipinski definition) is 4. The highest BCUT2D eigenvalue weighted by molar-refractivity contribution is 5.90. The molecule has 2 atom stereocenters. The molecule has 0 aromatic heterocycles. The Morgan fingerprint density at radius 1 is 0.667 bits per heavy atom. The molecule has 0 aliphatic heterocycles. The second kappa shape index (κ2) is 7.59. The molecule has 3 rings (SSSR count). The van der Waals surface area contributed by atoms with E-state index in [0.29, 0.717) is 24.0 Å². The first kappa shape index (κ1) is 16.0. The average Bonchev–Trinajstić information content (AvgIpc) is 2.64. The SMILES string of the molecule is O=C(OC1CC=CCC1OC(=O)c1ccccc1)c1ccccc1. The van der Waals surface area contributed by atoms with Gasteiger partial charge in [-0.2, -0.15) is 0 Å². The maximum Gasteiger partial charge on any atom is 0.338 e. The van der Waals surface area contributed by atoms with E-state index in [0.717, 1.165) is 0 Å². The van der Waals surface area contributed by atoms with E-state index in [4.69, 9.17) is 9.47 Å². The minimum absolute atomic E-state index is 0.406. The van der Waals surface area contributed by atoms with Gasteiger partial charge in [-0.3, -0.25) is 0 Å². The second-order valence-corrected chi connectivity index (χ2v) is 5.56. The van der Waals surface area contributed by atoms with Crippen LogP contribution in [0.1, 0.15) is 33.6 Å². The molecule has 0 N–H and O–H groups in total. The Kier molecular flexibility index (Phi) is 5.06. The first-order valence-electron chi connectivity index (χ1n) is 7.91. The maximum atomic E-state index is 12.2. The summed E-state index contributed by atoms with van der Waals surface area (Å²) in [6.45, 7) is 0. The normalized spacial score (nSPS) is 19.5. The molecule has 1 aliphatic rings. The van der Waals surface area contributed by atoms with Crippen molar-refractivity contribution in [3.63, 3.8) is 0 Å². The summed E-state index contributed by atoms with van der Waals surface area (Å²) in [5.41, 5.74) is 0.973. The summed E-state index contributed by atoms with van der Waals surface area (Å²) in [6.07, 6.45) is 3.99. The van der Waals surface area contributed by atoms with Crippen molar-refractivity contribution in [3.8, 4) is 0 Å². The molecule has 2 aromatic rings. The molecule has 0 amide bonds. The van der Waals surface area contributed by atoms with Gasteiger partial charge < -0.3 is 9.47 Å². The van der Waals surface area contributed by atoms with E-state index in [-0.39, 0.29) is 0 Å². The van der Waals surface area contributed by atoms with Gasteiger partial charge in [0.15, 0.2) is 0 Å². The molecule has 0 spiro atoms. The van der Waals surface area contributed by atoms with Crippen LogP contribution >= 0.6 is 0 Å². The Labute approximate surface area is 140 Å². The number of hydrogen-bond donors (Lipinski definition) is 0. The van der Waals surface area contributed by atoms with Gasteiger partial charge in [0.05, 0.1) is 11.1 Å². The van der Waals surface area contributed by atoms with Gasteiger partial charge in [-0.15, -0.1) is 0 Å². The number of esters is 2. The summed E-state index contributed by atoms with van der Waals surface area (Å²) >= 11 is 0. The summed E-state index contributed by atoms with van der Waals surface area (Å²) in [4.78, 5) is 24.5. The molecule has 0 bridgehead atoms. The van der Waals surface area contributed by atoms with Crippen molar-refractivity contribution in [3.05, 3.63) is 83.9 Å². The highest BCUT2D eigenvalue weighted by Crippen LogP contribution is 2.21. The Hall–Kier alpha value is -2.88. The molecule has 0 heterocycles. The van der Waals surface area contributed by atoms with E-state index in [9.17, 15) is 9.59 Å². The van der Waals surface area contributed by atoms with Crippen LogP contribution in [0.3, 0.4) is 0 Å². The third-order valence-electron chi connectivity index (χ3n) is 3.85. The molecule has 24 heavy (non-hydrogen) atoms. The molecule has 4 heteroatoms. The van der Waals surface area contributed by atoms with Gasteiger partial charge in [0, 0.05) is 12.8 Å². The van der Waals surface area contributed by atoms with Crippen LogP contribution in [-0.4, -0.2) is 24.1 Å². The summed E-state index contributed by atoms with van der Waals surface area (Å²) in [5.74, 6) is -0.812. The number of rotatable bonds is 4. The fraction of sp³-hybridized carbons (Fsp3) is 0.200. The quantitative estimate of drug-likeness (QED) is 0.635. The van der Waals surface area contributed by atoms with Gasteiger partial charge in [0.1, 0.15) is 12.2 Å². The zero-order valence-corrected chi connectivity index (χ0v) is 13.1. The van der Waals surface area contributed by atoms with Crippen molar-refractivity contribution in [1.29, 1.82) is 0 Å². The van der Waals surface area contributed by atoms with Crippen molar-refractivity contribution in [2.45, 2.75) is 25.0 Å². The molecule has 2 unspecified atom stereocenters. The molecule has 0 radical (unpaired) electrons. The highest BCUT2D eigenvalue weighted by atomic mass is 16.6. The topological polar surface area (TPSA) is 52.6 Å². The zero-order valence-electron chi connectivity index (χ0n) is 13.1. The summed E-state index contributed by atoms with van der Waals surface area (Å²) < 4.78 is 11.1. The maximum absolute atomic E-state index is 12.2. The Bertz CT molecular complexity index is 658. The van der Waals surface area contributed by atoms with Crippen molar-refractivity contribution in [2.75, 3.05) is 0 Å². The first-order valence-corrected chi connectivity index (χ1v) is 7.91. The van der Waals surface area contributed by atoms with Gasteiger partial charge in [0.25, 0.3) is 0 Å². The van der Waals surface area contributed by atoms with Gasteiger partial charge in [-0.25, -0.2) is 9.59 Å². The fourth-order valence-corrected chi connectivity index (χ4v) is 2.57. The summed E-state index contributed by atoms with van der Waals surface area (Å²) in [7, 11) is 0. The molecule has 122 valence electrons. The van der Waals surface area contributed by atoms with Gasteiger partial charge in [-0.1, -0.05) is 48.6 Å². The second-order valence-electron chi connectivity index (χ2n) is 5.56. The molecule has 1 aliphatic carbocycles. The van der Waals surface area contributed by atoms with Gasteiger partial charge in [0.2, 0.25) is 0 Å². The third kappa shape index (κ3) is 3.90. The smallest absolute Gasteiger partial charge is 0.338 e. The molecule has 0 saturated carbocycles. The Balaban J connectivity index is 1.67. The van der Waals surface area contributed by atoms with Crippen LogP contribution in [-0.2, 0) is 9.47 Å². The number of ether oxygens (including phenoxy) is 2. The van der Waals surface area contributed by atoms with Gasteiger partial charge >= 0.3 is 11.9 Å². The van der Waals surface area contributed by atoms with Crippen LogP contribution in [0.15, 0.2) is 72.8 Å². The molecule has 2 aromatic carbocycles. The molecule has 0 saturated heterocycles. The van der Waals surface area contributed by atoms with Crippen LogP contribution in [0.4, 0.5) is 0 Å². The molecule has 4 nitrogen and oxygen atoms in total. The summed E-state index contributed by atoms with van der Waals surface area (Å²) in [6, 6.07) is 17.6.